The summed E-state index contributed by atoms with van der Waals surface area (Å²) in [5, 5.41) is -0.0191. The van der Waals surface area contributed by atoms with E-state index in [0.29, 0.717) is 13.0 Å². The van der Waals surface area contributed by atoms with Gasteiger partial charge in [0, 0.05) is 24.2 Å². The number of nitrogens with one attached hydrogen (secondary N) is 1. The van der Waals surface area contributed by atoms with Gasteiger partial charge in [0.2, 0.25) is 0 Å². The topological polar surface area (TPSA) is 64.0 Å². The van der Waals surface area contributed by atoms with E-state index < -0.39 is 10.0 Å². The summed E-state index contributed by atoms with van der Waals surface area (Å²) < 4.78 is 28.1. The molecule has 0 spiro atoms. The molecule has 17 heavy (non-hydrogen) atoms. The third-order valence-electron chi connectivity index (χ3n) is 2.28. The Morgan fingerprint density at radius 2 is 2.18 bits per heavy atom. The molecule has 0 aliphatic carbocycles. The molecule has 0 radical (unpaired) electrons. The SMILES string of the molecule is CCn1cnc(S(=O)(=O)NC(C)CC(C)Cl)c1. The van der Waals surface area contributed by atoms with E-state index in [9.17, 15) is 8.42 Å². The van der Waals surface area contributed by atoms with E-state index in [4.69, 9.17) is 11.6 Å². The second-order valence-electron chi connectivity index (χ2n) is 4.08. The van der Waals surface area contributed by atoms with Gasteiger partial charge in [0.15, 0.2) is 5.03 Å². The smallest absolute Gasteiger partial charge is 0.259 e. The number of halogens is 1. The highest BCUT2D eigenvalue weighted by Gasteiger charge is 2.20. The van der Waals surface area contributed by atoms with Crippen LogP contribution in [0.25, 0.3) is 0 Å². The second kappa shape index (κ2) is 5.84. The van der Waals surface area contributed by atoms with Crippen LogP contribution in [0.2, 0.25) is 0 Å². The Labute approximate surface area is 107 Å². The lowest BCUT2D eigenvalue weighted by atomic mass is 10.2. The lowest BCUT2D eigenvalue weighted by Crippen LogP contribution is -2.34. The van der Waals surface area contributed by atoms with E-state index in [1.807, 2.05) is 13.8 Å². The number of aromatic nitrogens is 2. The maximum Gasteiger partial charge on any atom is 0.259 e. The molecular weight excluding hydrogens is 262 g/mol. The number of sulfonamides is 1. The van der Waals surface area contributed by atoms with E-state index in [1.54, 1.807) is 11.5 Å². The van der Waals surface area contributed by atoms with Crippen LogP contribution in [0, 0.1) is 0 Å². The Morgan fingerprint density at radius 3 is 2.65 bits per heavy atom. The van der Waals surface area contributed by atoms with Gasteiger partial charge < -0.3 is 4.57 Å². The molecule has 1 aromatic rings. The number of rotatable bonds is 6. The van der Waals surface area contributed by atoms with Crippen LogP contribution in [0.3, 0.4) is 0 Å². The highest BCUT2D eigenvalue weighted by Crippen LogP contribution is 2.09. The summed E-state index contributed by atoms with van der Waals surface area (Å²) in [6.45, 7) is 6.23. The fraction of sp³-hybridized carbons (Fsp3) is 0.700. The Morgan fingerprint density at radius 1 is 1.53 bits per heavy atom. The molecule has 0 saturated heterocycles. The normalized spacial score (nSPS) is 15.8. The molecule has 1 rings (SSSR count). The molecule has 0 aliphatic rings. The zero-order chi connectivity index (χ0) is 13.1. The lowest BCUT2D eigenvalue weighted by molar-refractivity contribution is 0.543. The van der Waals surface area contributed by atoms with Gasteiger partial charge in [-0.3, -0.25) is 0 Å². The summed E-state index contributed by atoms with van der Waals surface area (Å²) in [4.78, 5) is 3.87. The fourth-order valence-electron chi connectivity index (χ4n) is 1.51. The van der Waals surface area contributed by atoms with Crippen molar-refractivity contribution >= 4 is 21.6 Å². The van der Waals surface area contributed by atoms with E-state index in [0.717, 1.165) is 0 Å². The number of hydrogen-bond acceptors (Lipinski definition) is 3. The fourth-order valence-corrected chi connectivity index (χ4v) is 2.99. The minimum atomic E-state index is -3.53. The molecule has 0 aromatic carbocycles. The highest BCUT2D eigenvalue weighted by atomic mass is 35.5. The van der Waals surface area contributed by atoms with E-state index in [2.05, 4.69) is 9.71 Å². The minimum Gasteiger partial charge on any atom is -0.336 e. The largest absolute Gasteiger partial charge is 0.336 e. The Bertz CT molecular complexity index is 456. The van der Waals surface area contributed by atoms with Crippen molar-refractivity contribution in [3.8, 4) is 0 Å². The molecule has 0 bridgehead atoms. The van der Waals surface area contributed by atoms with Gasteiger partial charge in [-0.15, -0.1) is 11.6 Å². The first-order valence-corrected chi connectivity index (χ1v) is 7.45. The number of nitrogens with zero attached hydrogens (tertiary/aromatic N) is 2. The van der Waals surface area contributed by atoms with Gasteiger partial charge in [0.05, 0.1) is 6.33 Å². The van der Waals surface area contributed by atoms with Crippen LogP contribution in [0.5, 0.6) is 0 Å². The number of hydrogen-bond donors (Lipinski definition) is 1. The van der Waals surface area contributed by atoms with E-state index in [1.165, 1.54) is 12.5 Å². The standard InChI is InChI=1S/C10H18ClN3O2S/c1-4-14-6-10(12-7-14)17(15,16)13-9(3)5-8(2)11/h6-9,13H,4-5H2,1-3H3. The third kappa shape index (κ3) is 4.29. The van der Waals surface area contributed by atoms with Gasteiger partial charge in [0.1, 0.15) is 0 Å². The minimum absolute atomic E-state index is 0.0495. The molecule has 0 amide bonds. The zero-order valence-corrected chi connectivity index (χ0v) is 11.8. The maximum absolute atomic E-state index is 11.9. The predicted octanol–water partition coefficient (Wildman–Crippen LogP) is 1.59. The second-order valence-corrected chi connectivity index (χ2v) is 6.49. The van der Waals surface area contributed by atoms with Gasteiger partial charge in [-0.2, -0.15) is 0 Å². The summed E-state index contributed by atoms with van der Waals surface area (Å²) in [5.41, 5.74) is 0. The Balaban J connectivity index is 2.74. The molecule has 0 fully saturated rings. The van der Waals surface area contributed by atoms with Crippen molar-refractivity contribution in [2.75, 3.05) is 0 Å². The average Bonchev–Trinajstić information content (AvgIpc) is 2.63. The Hall–Kier alpha value is -0.590. The van der Waals surface area contributed by atoms with Crippen LogP contribution < -0.4 is 4.72 Å². The Kier molecular flexibility index (Phi) is 4.97. The van der Waals surface area contributed by atoms with Gasteiger partial charge in [-0.05, 0) is 27.2 Å². The molecule has 1 heterocycles. The summed E-state index contributed by atoms with van der Waals surface area (Å²) in [5.74, 6) is 0. The van der Waals surface area contributed by atoms with Crippen molar-refractivity contribution in [2.45, 2.75) is 50.2 Å². The molecule has 1 aromatic heterocycles. The van der Waals surface area contributed by atoms with Crippen molar-refractivity contribution in [1.82, 2.24) is 14.3 Å². The first-order chi connectivity index (χ1) is 7.85. The van der Waals surface area contributed by atoms with Gasteiger partial charge in [-0.25, -0.2) is 18.1 Å². The van der Waals surface area contributed by atoms with Crippen LogP contribution in [-0.2, 0) is 16.6 Å². The van der Waals surface area contributed by atoms with Crippen LogP contribution >= 0.6 is 11.6 Å². The highest BCUT2D eigenvalue weighted by molar-refractivity contribution is 7.89. The predicted molar refractivity (Wildman–Crippen MR) is 67.6 cm³/mol. The van der Waals surface area contributed by atoms with Crippen molar-refractivity contribution in [3.05, 3.63) is 12.5 Å². The number of alkyl halides is 1. The quantitative estimate of drug-likeness (QED) is 0.804. The number of imidazole rings is 1. The first kappa shape index (κ1) is 14.5. The molecule has 2 atom stereocenters. The lowest BCUT2D eigenvalue weighted by Gasteiger charge is -2.13. The summed E-state index contributed by atoms with van der Waals surface area (Å²) in [7, 11) is -3.53. The molecule has 0 aliphatic heterocycles. The number of aryl methyl sites for hydroxylation is 1. The molecule has 0 saturated carbocycles. The third-order valence-corrected chi connectivity index (χ3v) is 3.94. The molecule has 1 N–H and O–H groups in total. The van der Waals surface area contributed by atoms with Gasteiger partial charge in [0.25, 0.3) is 10.0 Å². The van der Waals surface area contributed by atoms with Crippen LogP contribution in [0.15, 0.2) is 17.6 Å². The van der Waals surface area contributed by atoms with Crippen LogP contribution in [-0.4, -0.2) is 29.4 Å². The van der Waals surface area contributed by atoms with Crippen molar-refractivity contribution in [3.63, 3.8) is 0 Å². The summed E-state index contributed by atoms with van der Waals surface area (Å²) >= 11 is 5.82. The van der Waals surface area contributed by atoms with Crippen molar-refractivity contribution < 1.29 is 8.42 Å². The van der Waals surface area contributed by atoms with Gasteiger partial charge in [-0.1, -0.05) is 0 Å². The van der Waals surface area contributed by atoms with Crippen LogP contribution in [0.1, 0.15) is 27.2 Å². The van der Waals surface area contributed by atoms with Crippen LogP contribution in [0.4, 0.5) is 0 Å². The monoisotopic (exact) mass is 279 g/mol. The molecule has 98 valence electrons. The molecule has 5 nitrogen and oxygen atoms in total. The maximum atomic E-state index is 11.9. The summed E-state index contributed by atoms with van der Waals surface area (Å²) in [6, 6.07) is -0.209. The van der Waals surface area contributed by atoms with Crippen molar-refractivity contribution in [1.29, 1.82) is 0 Å². The molecule has 2 unspecified atom stereocenters. The summed E-state index contributed by atoms with van der Waals surface area (Å²) in [6.07, 6.45) is 3.60. The van der Waals surface area contributed by atoms with Crippen molar-refractivity contribution in [2.24, 2.45) is 0 Å². The van der Waals surface area contributed by atoms with E-state index in [-0.39, 0.29) is 16.4 Å². The molecular formula is C10H18ClN3O2S. The zero-order valence-electron chi connectivity index (χ0n) is 10.2. The first-order valence-electron chi connectivity index (χ1n) is 5.53. The average molecular weight is 280 g/mol. The van der Waals surface area contributed by atoms with Gasteiger partial charge >= 0.3 is 0 Å². The molecule has 7 heteroatoms. The van der Waals surface area contributed by atoms with E-state index >= 15 is 0 Å².